The summed E-state index contributed by atoms with van der Waals surface area (Å²) in [7, 11) is 0. The second-order valence-corrected chi connectivity index (χ2v) is 9.67. The smallest absolute Gasteiger partial charge is 0.176 e. The van der Waals surface area contributed by atoms with E-state index in [-0.39, 0.29) is 22.3 Å². The van der Waals surface area contributed by atoms with E-state index in [1.54, 1.807) is 18.2 Å². The molecule has 6 heteroatoms. The van der Waals surface area contributed by atoms with Crippen LogP contribution in [-0.4, -0.2) is 41.5 Å². The van der Waals surface area contributed by atoms with Gasteiger partial charge in [-0.3, -0.25) is 0 Å². The van der Waals surface area contributed by atoms with E-state index in [0.717, 1.165) is 62.1 Å². The van der Waals surface area contributed by atoms with Crippen LogP contribution < -0.4 is 10.6 Å². The first kappa shape index (κ1) is 27.9. The van der Waals surface area contributed by atoms with Gasteiger partial charge in [0.2, 0.25) is 0 Å². The second kappa shape index (κ2) is 15.4. The van der Waals surface area contributed by atoms with E-state index in [9.17, 15) is 15.3 Å². The molecule has 3 aromatic rings. The average Bonchev–Trinajstić information content (AvgIpc) is 2.89. The van der Waals surface area contributed by atoms with E-state index in [0.29, 0.717) is 12.8 Å². The third-order valence-corrected chi connectivity index (χ3v) is 6.77. The van der Waals surface area contributed by atoms with Crippen LogP contribution in [0.3, 0.4) is 0 Å². The highest BCUT2D eigenvalue weighted by Crippen LogP contribution is 2.39. The average molecular weight is 511 g/mol. The molecule has 0 amide bonds. The lowest BCUT2D eigenvalue weighted by Gasteiger charge is -2.15. The first-order chi connectivity index (χ1) is 17.5. The van der Waals surface area contributed by atoms with Crippen molar-refractivity contribution in [1.29, 1.82) is 0 Å². The molecular weight excluding hydrogens is 472 g/mol. The molecule has 0 aliphatic carbocycles. The maximum atomic E-state index is 10.5. The predicted molar refractivity (Wildman–Crippen MR) is 148 cm³/mol. The van der Waals surface area contributed by atoms with Crippen molar-refractivity contribution in [2.45, 2.75) is 51.4 Å². The Morgan fingerprint density at radius 1 is 0.583 bits per heavy atom. The molecule has 0 bridgehead atoms. The van der Waals surface area contributed by atoms with Gasteiger partial charge in [0.05, 0.1) is 5.02 Å². The zero-order valence-electron chi connectivity index (χ0n) is 21.0. The minimum atomic E-state index is -0.261. The molecule has 3 aromatic carbocycles. The number of rotatable bonds is 16. The van der Waals surface area contributed by atoms with Crippen molar-refractivity contribution in [3.63, 3.8) is 0 Å². The molecule has 3 rings (SSSR count). The molecule has 0 atom stereocenters. The second-order valence-electron chi connectivity index (χ2n) is 9.26. The first-order valence-corrected chi connectivity index (χ1v) is 13.4. The largest absolute Gasteiger partial charge is 0.508 e. The zero-order valence-corrected chi connectivity index (χ0v) is 21.7. The van der Waals surface area contributed by atoms with Crippen LogP contribution in [0.2, 0.25) is 5.02 Å². The molecule has 0 saturated carbocycles. The van der Waals surface area contributed by atoms with Crippen LogP contribution in [0.5, 0.6) is 17.2 Å². The van der Waals surface area contributed by atoms with Crippen LogP contribution in [0.25, 0.3) is 0 Å². The number of benzene rings is 3. The Bertz CT molecular complexity index is 1040. The van der Waals surface area contributed by atoms with E-state index in [2.05, 4.69) is 41.0 Å². The summed E-state index contributed by atoms with van der Waals surface area (Å²) in [4.78, 5) is 0. The minimum absolute atomic E-state index is 0.131. The van der Waals surface area contributed by atoms with Crippen molar-refractivity contribution >= 4 is 11.6 Å². The van der Waals surface area contributed by atoms with Gasteiger partial charge in [-0.2, -0.15) is 0 Å². The van der Waals surface area contributed by atoms with Crippen LogP contribution in [0, 0.1) is 0 Å². The number of aryl methyl sites for hydroxylation is 1. The Hall–Kier alpha value is -2.73. The summed E-state index contributed by atoms with van der Waals surface area (Å²) in [5.41, 5.74) is 4.11. The molecule has 36 heavy (non-hydrogen) atoms. The lowest BCUT2D eigenvalue weighted by molar-refractivity contribution is 0.398. The van der Waals surface area contributed by atoms with Gasteiger partial charge < -0.3 is 26.0 Å². The van der Waals surface area contributed by atoms with Gasteiger partial charge >= 0.3 is 0 Å². The van der Waals surface area contributed by atoms with E-state index < -0.39 is 0 Å². The summed E-state index contributed by atoms with van der Waals surface area (Å²) in [6.07, 6.45) is 7.84. The Morgan fingerprint density at radius 2 is 1.19 bits per heavy atom. The summed E-state index contributed by atoms with van der Waals surface area (Å²) < 4.78 is 0. The number of nitrogens with one attached hydrogen (secondary N) is 2. The maximum Gasteiger partial charge on any atom is 0.176 e. The van der Waals surface area contributed by atoms with Crippen LogP contribution in [-0.2, 0) is 25.7 Å². The topological polar surface area (TPSA) is 84.8 Å². The number of phenolic OH excluding ortho intramolecular Hbond substituents is 3. The quantitative estimate of drug-likeness (QED) is 0.125. The molecule has 0 radical (unpaired) electrons. The molecule has 194 valence electrons. The number of unbranched alkanes of at least 4 members (excludes halogenated alkanes) is 3. The number of hydrogen-bond acceptors (Lipinski definition) is 5. The van der Waals surface area contributed by atoms with Crippen molar-refractivity contribution < 1.29 is 15.3 Å². The highest BCUT2D eigenvalue weighted by atomic mass is 35.5. The Kier molecular flexibility index (Phi) is 11.9. The molecular formula is C30H39ClN2O3. The van der Waals surface area contributed by atoms with E-state index in [1.165, 1.54) is 24.8 Å². The molecule has 0 aliphatic heterocycles. The van der Waals surface area contributed by atoms with Crippen molar-refractivity contribution in [2.75, 3.05) is 26.2 Å². The highest BCUT2D eigenvalue weighted by molar-refractivity contribution is 6.32. The van der Waals surface area contributed by atoms with Crippen molar-refractivity contribution in [2.24, 2.45) is 0 Å². The Labute approximate surface area is 220 Å². The van der Waals surface area contributed by atoms with Gasteiger partial charge in [0.1, 0.15) is 5.75 Å². The molecule has 0 saturated heterocycles. The van der Waals surface area contributed by atoms with Gasteiger partial charge in [-0.1, -0.05) is 66.9 Å². The third kappa shape index (κ3) is 9.38. The van der Waals surface area contributed by atoms with Crippen LogP contribution in [0.15, 0.2) is 60.7 Å². The summed E-state index contributed by atoms with van der Waals surface area (Å²) in [6, 6.07) is 19.4. The van der Waals surface area contributed by atoms with Gasteiger partial charge in [-0.25, -0.2) is 0 Å². The standard InChI is InChI=1S/C30H39ClN2O3/c31-28-22-25(27(29(35)30(28)36)15-12-24-10-13-26(34)14-11-24)17-21-33-19-7-2-1-6-18-32-20-16-23-8-4-3-5-9-23/h3-5,8-11,13-14,22,32-36H,1-2,6-7,12,15-21H2. The molecule has 0 aliphatic rings. The van der Waals surface area contributed by atoms with Gasteiger partial charge in [-0.05, 0) is 99.6 Å². The lowest BCUT2D eigenvalue weighted by Crippen LogP contribution is -2.20. The van der Waals surface area contributed by atoms with E-state index >= 15 is 0 Å². The summed E-state index contributed by atoms with van der Waals surface area (Å²) >= 11 is 6.14. The fourth-order valence-electron chi connectivity index (χ4n) is 4.35. The summed E-state index contributed by atoms with van der Waals surface area (Å²) in [5.74, 6) is -0.162. The SMILES string of the molecule is Oc1ccc(CCc2c(CCNCCCCCCNCCc3ccccc3)cc(Cl)c(O)c2O)cc1. The third-order valence-electron chi connectivity index (χ3n) is 6.49. The molecule has 0 unspecified atom stereocenters. The van der Waals surface area contributed by atoms with E-state index in [4.69, 9.17) is 11.6 Å². The molecule has 0 fully saturated rings. The summed E-state index contributed by atoms with van der Waals surface area (Å²) in [5, 5.41) is 37.3. The minimum Gasteiger partial charge on any atom is -0.508 e. The number of phenols is 3. The first-order valence-electron chi connectivity index (χ1n) is 13.0. The number of halogens is 1. The zero-order chi connectivity index (χ0) is 25.6. The van der Waals surface area contributed by atoms with Crippen molar-refractivity contribution in [3.05, 3.63) is 87.9 Å². The Balaban J connectivity index is 1.30. The number of hydrogen-bond donors (Lipinski definition) is 5. The van der Waals surface area contributed by atoms with Crippen LogP contribution >= 0.6 is 11.6 Å². The molecule has 0 heterocycles. The fraction of sp³-hybridized carbons (Fsp3) is 0.400. The van der Waals surface area contributed by atoms with Gasteiger partial charge in [0.15, 0.2) is 11.5 Å². The molecule has 5 nitrogen and oxygen atoms in total. The van der Waals surface area contributed by atoms with Crippen LogP contribution in [0.4, 0.5) is 0 Å². The van der Waals surface area contributed by atoms with Gasteiger partial charge in [0, 0.05) is 5.56 Å². The molecule has 0 aromatic heterocycles. The predicted octanol–water partition coefficient (Wildman–Crippen LogP) is 5.77. The van der Waals surface area contributed by atoms with Crippen molar-refractivity contribution in [3.8, 4) is 17.2 Å². The van der Waals surface area contributed by atoms with Crippen LogP contribution in [0.1, 0.15) is 47.9 Å². The normalized spacial score (nSPS) is 11.1. The lowest BCUT2D eigenvalue weighted by atomic mass is 9.96. The maximum absolute atomic E-state index is 10.5. The van der Waals surface area contributed by atoms with Gasteiger partial charge in [-0.15, -0.1) is 0 Å². The molecule has 0 spiro atoms. The summed E-state index contributed by atoms with van der Waals surface area (Å²) in [6.45, 7) is 3.84. The Morgan fingerprint density at radius 3 is 1.86 bits per heavy atom. The highest BCUT2D eigenvalue weighted by Gasteiger charge is 2.16. The fourth-order valence-corrected chi connectivity index (χ4v) is 4.58. The monoisotopic (exact) mass is 510 g/mol. The van der Waals surface area contributed by atoms with E-state index in [1.807, 2.05) is 12.1 Å². The number of aromatic hydroxyl groups is 3. The molecule has 5 N–H and O–H groups in total. The van der Waals surface area contributed by atoms with Gasteiger partial charge in [0.25, 0.3) is 0 Å². The van der Waals surface area contributed by atoms with Crippen molar-refractivity contribution in [1.82, 2.24) is 10.6 Å².